The van der Waals surface area contributed by atoms with E-state index in [0.717, 1.165) is 62.8 Å². The second-order valence-electron chi connectivity index (χ2n) is 10.0. The summed E-state index contributed by atoms with van der Waals surface area (Å²) >= 11 is 8.95. The molecule has 4 rings (SSSR count). The average Bonchev–Trinajstić information content (AvgIpc) is 2.95. The molecule has 0 saturated carbocycles. The lowest BCUT2D eigenvalue weighted by Crippen LogP contribution is -2.33. The van der Waals surface area contributed by atoms with Crippen LogP contribution in [0.5, 0.6) is 0 Å². The smallest absolute Gasteiger partial charge is 0.396 e. The summed E-state index contributed by atoms with van der Waals surface area (Å²) in [6.45, 7) is 2.95. The van der Waals surface area contributed by atoms with Gasteiger partial charge in [-0.15, -0.1) is 0 Å². The van der Waals surface area contributed by atoms with E-state index < -0.39 is 28.6 Å². The van der Waals surface area contributed by atoms with E-state index in [0.29, 0.717) is 16.0 Å². The molecule has 0 aliphatic carbocycles. The van der Waals surface area contributed by atoms with E-state index in [1.165, 1.54) is 12.1 Å². The second kappa shape index (κ2) is 14.3. The van der Waals surface area contributed by atoms with Crippen molar-refractivity contribution in [2.24, 2.45) is 11.0 Å². The number of halogens is 5. The number of rotatable bonds is 9. The molecule has 0 unspecified atom stereocenters. The summed E-state index contributed by atoms with van der Waals surface area (Å²) in [6, 6.07) is 15.3. The predicted molar refractivity (Wildman–Crippen MR) is 160 cm³/mol. The topological polar surface area (TPSA) is 94.0 Å². The number of nitrogens with zero attached hydrogens (tertiary/aromatic N) is 2. The van der Waals surface area contributed by atoms with Crippen LogP contribution in [0.15, 0.2) is 70.2 Å². The minimum atomic E-state index is -4.63. The maximum Gasteiger partial charge on any atom is 0.417 e. The van der Waals surface area contributed by atoms with Crippen molar-refractivity contribution in [3.8, 4) is 0 Å². The van der Waals surface area contributed by atoms with E-state index in [1.54, 1.807) is 24.3 Å². The van der Waals surface area contributed by atoms with Gasteiger partial charge in [0, 0.05) is 23.2 Å². The van der Waals surface area contributed by atoms with Gasteiger partial charge in [0.05, 0.1) is 28.1 Å². The standard InChI is InChI=1S/C30H29BrClF3N4O3/c31-23-6-8-27(24(16-23)29(42)38-36-17-21-3-7-26(32)25(15-21)30(33,34)35)37-28(41)22-4-1-20(2-5-22)18-39-12-9-19(10-13-39)11-14-40/h1-8,15-17,19,40H,9-14,18H2,(H,37,41)(H,38,42). The van der Waals surface area contributed by atoms with Gasteiger partial charge >= 0.3 is 6.18 Å². The Labute approximate surface area is 254 Å². The number of hydrogen-bond acceptors (Lipinski definition) is 5. The second-order valence-corrected chi connectivity index (χ2v) is 11.3. The molecule has 1 heterocycles. The monoisotopic (exact) mass is 664 g/mol. The van der Waals surface area contributed by atoms with E-state index in [4.69, 9.17) is 16.7 Å². The Morgan fingerprint density at radius 1 is 1.05 bits per heavy atom. The maximum absolute atomic E-state index is 13.1. The van der Waals surface area contributed by atoms with E-state index in [1.807, 2.05) is 12.1 Å². The van der Waals surface area contributed by atoms with E-state index in [9.17, 15) is 22.8 Å². The number of alkyl halides is 3. The van der Waals surface area contributed by atoms with Crippen molar-refractivity contribution in [2.75, 3.05) is 25.0 Å². The van der Waals surface area contributed by atoms with Crippen molar-refractivity contribution in [2.45, 2.75) is 32.0 Å². The third-order valence-electron chi connectivity index (χ3n) is 7.02. The Kier molecular flexibility index (Phi) is 10.8. The van der Waals surface area contributed by atoms with Crippen LogP contribution in [0.1, 0.15) is 56.7 Å². The molecular weight excluding hydrogens is 637 g/mol. The van der Waals surface area contributed by atoms with Gasteiger partial charge in [-0.3, -0.25) is 14.5 Å². The summed E-state index contributed by atoms with van der Waals surface area (Å²) in [4.78, 5) is 28.2. The molecule has 222 valence electrons. The first-order valence-electron chi connectivity index (χ1n) is 13.3. The number of piperidine rings is 1. The number of amides is 2. The van der Waals surface area contributed by atoms with Crippen LogP contribution in [0.25, 0.3) is 0 Å². The Morgan fingerprint density at radius 3 is 2.43 bits per heavy atom. The quantitative estimate of drug-likeness (QED) is 0.175. The van der Waals surface area contributed by atoms with Gasteiger partial charge in [-0.1, -0.05) is 45.7 Å². The van der Waals surface area contributed by atoms with Crippen molar-refractivity contribution in [1.82, 2.24) is 10.3 Å². The SMILES string of the molecule is O=C(Nc1ccc(Br)cc1C(=O)NN=Cc1ccc(Cl)c(C(F)(F)F)c1)c1ccc(CN2CCC(CCO)CC2)cc1. The highest BCUT2D eigenvalue weighted by Gasteiger charge is 2.33. The third kappa shape index (κ3) is 8.64. The number of hydrazone groups is 1. The van der Waals surface area contributed by atoms with Crippen molar-refractivity contribution in [3.05, 3.63) is 98.0 Å². The Balaban J connectivity index is 1.38. The van der Waals surface area contributed by atoms with Gasteiger partial charge in [-0.2, -0.15) is 18.3 Å². The zero-order valence-electron chi connectivity index (χ0n) is 22.4. The van der Waals surface area contributed by atoms with Crippen molar-refractivity contribution < 1.29 is 27.9 Å². The number of aliphatic hydroxyl groups excluding tert-OH is 1. The first-order valence-corrected chi connectivity index (χ1v) is 14.4. The summed E-state index contributed by atoms with van der Waals surface area (Å²) in [6.07, 6.45) is -0.585. The average molecular weight is 666 g/mol. The normalized spacial score (nSPS) is 14.7. The summed E-state index contributed by atoms with van der Waals surface area (Å²) < 4.78 is 39.9. The minimum Gasteiger partial charge on any atom is -0.396 e. The molecule has 12 heteroatoms. The zero-order valence-corrected chi connectivity index (χ0v) is 24.8. The van der Waals surface area contributed by atoms with Gasteiger partial charge in [-0.25, -0.2) is 5.43 Å². The fourth-order valence-corrected chi connectivity index (χ4v) is 5.30. The molecule has 1 saturated heterocycles. The predicted octanol–water partition coefficient (Wildman–Crippen LogP) is 6.73. The van der Waals surface area contributed by atoms with Crippen LogP contribution in [0.4, 0.5) is 18.9 Å². The maximum atomic E-state index is 13.1. The molecule has 0 spiro atoms. The number of anilines is 1. The molecule has 1 aliphatic rings. The molecule has 0 aromatic heterocycles. The number of carbonyl (C=O) groups is 2. The highest BCUT2D eigenvalue weighted by atomic mass is 79.9. The molecule has 1 fully saturated rings. The number of benzene rings is 3. The van der Waals surface area contributed by atoms with Crippen molar-refractivity contribution in [3.63, 3.8) is 0 Å². The summed E-state index contributed by atoms with van der Waals surface area (Å²) in [7, 11) is 0. The highest BCUT2D eigenvalue weighted by molar-refractivity contribution is 9.10. The fraction of sp³-hybridized carbons (Fsp3) is 0.300. The molecule has 3 N–H and O–H groups in total. The number of hydrogen-bond donors (Lipinski definition) is 3. The van der Waals surface area contributed by atoms with E-state index >= 15 is 0 Å². The van der Waals surface area contributed by atoms with Crippen LogP contribution in [-0.4, -0.2) is 47.7 Å². The van der Waals surface area contributed by atoms with Crippen molar-refractivity contribution in [1.29, 1.82) is 0 Å². The van der Waals surface area contributed by atoms with Crippen LogP contribution < -0.4 is 10.7 Å². The Hall–Kier alpha value is -3.25. The Morgan fingerprint density at radius 2 is 1.76 bits per heavy atom. The summed E-state index contributed by atoms with van der Waals surface area (Å²) in [5.74, 6) is -0.511. The highest BCUT2D eigenvalue weighted by Crippen LogP contribution is 2.35. The minimum absolute atomic E-state index is 0.0874. The molecule has 42 heavy (non-hydrogen) atoms. The van der Waals surface area contributed by atoms with Crippen LogP contribution in [0.3, 0.4) is 0 Å². The number of aliphatic hydroxyl groups is 1. The molecule has 0 radical (unpaired) electrons. The summed E-state index contributed by atoms with van der Waals surface area (Å²) in [5.41, 5.74) is 3.19. The molecule has 3 aromatic rings. The molecule has 1 aliphatic heterocycles. The van der Waals surface area contributed by atoms with Crippen LogP contribution in [0.2, 0.25) is 5.02 Å². The largest absolute Gasteiger partial charge is 0.417 e. The van der Waals surface area contributed by atoms with Gasteiger partial charge in [0.2, 0.25) is 0 Å². The lowest BCUT2D eigenvalue weighted by atomic mass is 9.93. The molecule has 3 aromatic carbocycles. The van der Waals surface area contributed by atoms with Crippen LogP contribution >= 0.6 is 27.5 Å². The number of carbonyl (C=O) groups excluding carboxylic acids is 2. The molecular formula is C30H29BrClF3N4O3. The fourth-order valence-electron chi connectivity index (χ4n) is 4.71. The number of likely N-dealkylation sites (tertiary alicyclic amines) is 1. The third-order valence-corrected chi connectivity index (χ3v) is 7.84. The zero-order chi connectivity index (χ0) is 30.3. The van der Waals surface area contributed by atoms with Crippen LogP contribution in [-0.2, 0) is 12.7 Å². The molecule has 7 nitrogen and oxygen atoms in total. The van der Waals surface area contributed by atoms with Crippen LogP contribution in [0, 0.1) is 5.92 Å². The van der Waals surface area contributed by atoms with Gasteiger partial charge in [0.15, 0.2) is 0 Å². The number of nitrogens with one attached hydrogen (secondary N) is 2. The first-order chi connectivity index (χ1) is 20.0. The van der Waals surface area contributed by atoms with Gasteiger partial charge in [0.25, 0.3) is 11.8 Å². The van der Waals surface area contributed by atoms with E-state index in [2.05, 4.69) is 36.7 Å². The van der Waals surface area contributed by atoms with Gasteiger partial charge < -0.3 is 10.4 Å². The lowest BCUT2D eigenvalue weighted by Gasteiger charge is -2.31. The molecule has 2 amide bonds. The van der Waals surface area contributed by atoms with Gasteiger partial charge in [0.1, 0.15) is 0 Å². The van der Waals surface area contributed by atoms with E-state index in [-0.39, 0.29) is 23.4 Å². The lowest BCUT2D eigenvalue weighted by molar-refractivity contribution is -0.137. The van der Waals surface area contributed by atoms with Gasteiger partial charge in [-0.05, 0) is 91.9 Å². The first kappa shape index (κ1) is 31.7. The Bertz CT molecular complexity index is 1440. The molecule has 0 atom stereocenters. The summed E-state index contributed by atoms with van der Waals surface area (Å²) in [5, 5.41) is 15.2. The van der Waals surface area contributed by atoms with Crippen molar-refractivity contribution >= 4 is 51.2 Å². The molecule has 0 bridgehead atoms.